The molecule has 3 unspecified atom stereocenters. The molecule has 2 nitrogen and oxygen atoms in total. The molecule has 0 N–H and O–H groups in total. The number of hydrogen-bond acceptors (Lipinski definition) is 2. The molecule has 0 amide bonds. The molecule has 0 aliphatic heterocycles. The van der Waals surface area contributed by atoms with Crippen LogP contribution in [-0.4, -0.2) is 36.5 Å². The first-order chi connectivity index (χ1) is 10.4. The first-order valence-electron chi connectivity index (χ1n) is 8.25. The molecule has 0 heterocycles. The van der Waals surface area contributed by atoms with Gasteiger partial charge >= 0.3 is 0 Å². The van der Waals surface area contributed by atoms with E-state index in [0.717, 1.165) is 5.56 Å². The monoisotopic (exact) mass is 387 g/mol. The van der Waals surface area contributed by atoms with Gasteiger partial charge in [0.1, 0.15) is 0 Å². The zero-order valence-electron chi connectivity index (χ0n) is 15.8. The van der Waals surface area contributed by atoms with Crippen LogP contribution in [0.25, 0.3) is 0 Å². The number of rotatable bonds is 8. The quantitative estimate of drug-likeness (QED) is 0.420. The van der Waals surface area contributed by atoms with Crippen LogP contribution < -0.4 is 0 Å². The van der Waals surface area contributed by atoms with Crippen molar-refractivity contribution >= 4 is 37.0 Å². The molecular weight excluding hydrogens is 356 g/mol. The van der Waals surface area contributed by atoms with E-state index in [0.29, 0.717) is 0 Å². The lowest BCUT2D eigenvalue weighted by atomic mass is 10.1. The summed E-state index contributed by atoms with van der Waals surface area (Å²) < 4.78 is 13.0. The molecule has 1 aromatic rings. The smallest absolute Gasteiger partial charge is 0.184 e. The second-order valence-electron chi connectivity index (χ2n) is 8.23. The van der Waals surface area contributed by atoms with Crippen LogP contribution in [0.1, 0.15) is 11.7 Å². The summed E-state index contributed by atoms with van der Waals surface area (Å²) in [7, 11) is -4.07. The summed E-state index contributed by atoms with van der Waals surface area (Å²) in [6.45, 7) is 17.9. The van der Waals surface area contributed by atoms with Crippen LogP contribution in [0.2, 0.25) is 52.4 Å². The van der Waals surface area contributed by atoms with E-state index in [1.165, 1.54) is 0 Å². The number of benzene rings is 1. The average Bonchev–Trinajstić information content (AvgIpc) is 2.40. The summed E-state index contributed by atoms with van der Waals surface area (Å²) in [5.74, 6) is 0. The highest BCUT2D eigenvalue weighted by molar-refractivity contribution is 6.71. The highest BCUT2D eigenvalue weighted by atomic mass is 35.5. The minimum Gasteiger partial charge on any atom is -0.416 e. The SMILES string of the molecule is C[Si](C)C(O[Si](C)(C)C)C(Cl)C(O[Si](C)(C)C)c1ccccc1. The fourth-order valence-corrected chi connectivity index (χ4v) is 8.33. The lowest BCUT2D eigenvalue weighted by Gasteiger charge is -2.38. The Morgan fingerprint density at radius 1 is 0.870 bits per heavy atom. The zero-order chi connectivity index (χ0) is 17.8. The molecule has 0 aliphatic carbocycles. The summed E-state index contributed by atoms with van der Waals surface area (Å²) >= 11 is 6.97. The molecule has 3 atom stereocenters. The van der Waals surface area contributed by atoms with Crippen molar-refractivity contribution in [2.75, 3.05) is 0 Å². The fraction of sp³-hybridized carbons (Fsp3) is 0.647. The van der Waals surface area contributed by atoms with Crippen molar-refractivity contribution in [2.24, 2.45) is 0 Å². The van der Waals surface area contributed by atoms with E-state index in [9.17, 15) is 0 Å². The second kappa shape index (κ2) is 8.45. The molecule has 0 spiro atoms. The van der Waals surface area contributed by atoms with Crippen molar-refractivity contribution in [3.63, 3.8) is 0 Å². The summed E-state index contributed by atoms with van der Waals surface area (Å²) in [6, 6.07) is 10.4. The van der Waals surface area contributed by atoms with Crippen LogP contribution >= 0.6 is 11.6 Å². The number of halogens is 1. The minimum atomic E-state index is -1.72. The highest BCUT2D eigenvalue weighted by Crippen LogP contribution is 2.33. The molecule has 0 bridgehead atoms. The van der Waals surface area contributed by atoms with Gasteiger partial charge in [0.05, 0.1) is 26.0 Å². The number of hydrogen-bond donors (Lipinski definition) is 0. The van der Waals surface area contributed by atoms with Crippen LogP contribution in [0.3, 0.4) is 0 Å². The van der Waals surface area contributed by atoms with Gasteiger partial charge in [0.2, 0.25) is 0 Å². The van der Waals surface area contributed by atoms with Crippen LogP contribution in [-0.2, 0) is 8.85 Å². The molecule has 1 rings (SSSR count). The summed E-state index contributed by atoms with van der Waals surface area (Å²) in [6.07, 6.45) is -0.106. The predicted octanol–water partition coefficient (Wildman–Crippen LogP) is 5.70. The van der Waals surface area contributed by atoms with Crippen LogP contribution in [0.5, 0.6) is 0 Å². The van der Waals surface area contributed by atoms with Gasteiger partial charge in [-0.25, -0.2) is 0 Å². The summed E-state index contributed by atoms with van der Waals surface area (Å²) in [5.41, 5.74) is 1.25. The minimum absolute atomic E-state index is 0.0925. The molecule has 131 valence electrons. The zero-order valence-corrected chi connectivity index (χ0v) is 19.6. The molecule has 1 aromatic carbocycles. The van der Waals surface area contributed by atoms with Gasteiger partial charge in [-0.1, -0.05) is 43.4 Å². The Morgan fingerprint density at radius 2 is 1.35 bits per heavy atom. The first-order valence-corrected chi connectivity index (χ1v) is 18.1. The van der Waals surface area contributed by atoms with Gasteiger partial charge in [-0.15, -0.1) is 11.6 Å². The lowest BCUT2D eigenvalue weighted by Crippen LogP contribution is -2.47. The predicted molar refractivity (Wildman–Crippen MR) is 109 cm³/mol. The topological polar surface area (TPSA) is 18.5 Å². The van der Waals surface area contributed by atoms with Crippen molar-refractivity contribution < 1.29 is 8.85 Å². The van der Waals surface area contributed by atoms with Crippen LogP contribution in [0.4, 0.5) is 0 Å². The Morgan fingerprint density at radius 3 is 1.74 bits per heavy atom. The van der Waals surface area contributed by atoms with Crippen molar-refractivity contribution in [3.8, 4) is 0 Å². The van der Waals surface area contributed by atoms with Crippen molar-refractivity contribution in [3.05, 3.63) is 35.9 Å². The number of alkyl halides is 1. The van der Waals surface area contributed by atoms with Gasteiger partial charge in [-0.05, 0) is 44.8 Å². The fourth-order valence-electron chi connectivity index (χ4n) is 2.38. The van der Waals surface area contributed by atoms with E-state index in [4.69, 9.17) is 20.5 Å². The van der Waals surface area contributed by atoms with Crippen molar-refractivity contribution in [1.29, 1.82) is 0 Å². The Labute approximate surface area is 151 Å². The lowest BCUT2D eigenvalue weighted by molar-refractivity contribution is 0.141. The van der Waals surface area contributed by atoms with E-state index in [1.807, 2.05) is 6.07 Å². The molecular formula is C17H32ClO2Si3. The normalized spacial score (nSPS) is 17.1. The van der Waals surface area contributed by atoms with E-state index < -0.39 is 25.4 Å². The molecule has 6 heteroatoms. The molecule has 0 aromatic heterocycles. The molecule has 0 fully saturated rings. The Bertz CT molecular complexity index is 469. The highest BCUT2D eigenvalue weighted by Gasteiger charge is 2.37. The van der Waals surface area contributed by atoms with Crippen LogP contribution in [0.15, 0.2) is 30.3 Å². The second-order valence-corrected chi connectivity index (χ2v) is 20.4. The maximum absolute atomic E-state index is 6.97. The molecule has 0 saturated heterocycles. The van der Waals surface area contributed by atoms with Gasteiger partial charge in [0, 0.05) is 0 Å². The van der Waals surface area contributed by atoms with Gasteiger partial charge in [0.25, 0.3) is 0 Å². The average molecular weight is 388 g/mol. The summed E-state index contributed by atoms with van der Waals surface area (Å²) in [5, 5.41) is -0.153. The maximum atomic E-state index is 6.97. The van der Waals surface area contributed by atoms with E-state index >= 15 is 0 Å². The van der Waals surface area contributed by atoms with Gasteiger partial charge in [0.15, 0.2) is 16.6 Å². The van der Waals surface area contributed by atoms with E-state index in [-0.39, 0.29) is 17.2 Å². The van der Waals surface area contributed by atoms with Gasteiger partial charge in [-0.3, -0.25) is 0 Å². The molecule has 23 heavy (non-hydrogen) atoms. The third-order valence-corrected chi connectivity index (χ3v) is 7.68. The molecule has 1 radical (unpaired) electrons. The first kappa shape index (κ1) is 21.1. The van der Waals surface area contributed by atoms with Gasteiger partial charge in [-0.2, -0.15) is 0 Å². The largest absolute Gasteiger partial charge is 0.416 e. The summed E-state index contributed by atoms with van der Waals surface area (Å²) in [4.78, 5) is 0. The van der Waals surface area contributed by atoms with Crippen LogP contribution in [0, 0.1) is 0 Å². The third-order valence-electron chi connectivity index (χ3n) is 3.24. The standard InChI is InChI=1S/C17H32ClO2Si3/c1-21(2)17(20-23(6,7)8)15(18)16(19-22(3,4)5)14-12-10-9-11-13-14/h9-13,15-17H,1-8H3. The molecule has 0 saturated carbocycles. The maximum Gasteiger partial charge on any atom is 0.184 e. The van der Waals surface area contributed by atoms with Crippen molar-refractivity contribution in [1.82, 2.24) is 0 Å². The van der Waals surface area contributed by atoms with E-state index in [2.05, 4.69) is 76.6 Å². The third kappa shape index (κ3) is 7.67. The Hall–Kier alpha value is 0.0806. The molecule has 0 aliphatic rings. The van der Waals surface area contributed by atoms with Gasteiger partial charge < -0.3 is 8.85 Å². The Balaban J connectivity index is 3.12. The Kier molecular flexibility index (Phi) is 7.76. The van der Waals surface area contributed by atoms with E-state index in [1.54, 1.807) is 0 Å². The van der Waals surface area contributed by atoms with Crippen molar-refractivity contribution in [2.45, 2.75) is 69.6 Å².